The summed E-state index contributed by atoms with van der Waals surface area (Å²) in [4.78, 5) is 0. The molecule has 0 saturated heterocycles. The van der Waals surface area contributed by atoms with E-state index in [1.54, 1.807) is 0 Å². The van der Waals surface area contributed by atoms with Gasteiger partial charge < -0.3 is 4.42 Å². The Kier molecular flexibility index (Phi) is 5.26. The Bertz CT molecular complexity index is 291. The van der Waals surface area contributed by atoms with Gasteiger partial charge in [-0.1, -0.05) is 19.1 Å². The number of thiol groups is 1. The molecule has 0 amide bonds. The molecule has 0 atom stereocenters. The molecule has 0 aliphatic rings. The van der Waals surface area contributed by atoms with E-state index in [9.17, 15) is 0 Å². The third-order valence-electron chi connectivity index (χ3n) is 1.84. The fourth-order valence-electron chi connectivity index (χ4n) is 1.03. The van der Waals surface area contributed by atoms with Crippen molar-refractivity contribution in [2.45, 2.75) is 19.1 Å². The maximum atomic E-state index is 5.58. The number of aryl methyl sites for hydroxylation is 1. The molecule has 0 N–H and O–H groups in total. The summed E-state index contributed by atoms with van der Waals surface area (Å²) in [5.74, 6) is 4.77. The van der Waals surface area contributed by atoms with Gasteiger partial charge in [0.05, 0.1) is 5.75 Å². The van der Waals surface area contributed by atoms with Gasteiger partial charge in [0.1, 0.15) is 11.5 Å². The van der Waals surface area contributed by atoms with Crippen molar-refractivity contribution in [2.75, 3.05) is 11.5 Å². The monoisotopic (exact) mass is 228 g/mol. The Labute approximate surface area is 95.4 Å². The molecule has 1 rings (SSSR count). The van der Waals surface area contributed by atoms with Crippen molar-refractivity contribution in [2.24, 2.45) is 0 Å². The molecule has 78 valence electrons. The maximum Gasteiger partial charge on any atom is 0.114 e. The van der Waals surface area contributed by atoms with Gasteiger partial charge in [0.2, 0.25) is 0 Å². The molecule has 1 aromatic rings. The zero-order chi connectivity index (χ0) is 10.4. The minimum Gasteiger partial charge on any atom is -0.465 e. The van der Waals surface area contributed by atoms with Crippen molar-refractivity contribution in [3.05, 3.63) is 35.8 Å². The van der Waals surface area contributed by atoms with Crippen molar-refractivity contribution in [1.29, 1.82) is 0 Å². The van der Waals surface area contributed by atoms with Gasteiger partial charge in [-0.05, 0) is 12.1 Å². The summed E-state index contributed by atoms with van der Waals surface area (Å²) in [6.07, 6.45) is 0.966. The molecule has 0 unspecified atom stereocenters. The van der Waals surface area contributed by atoms with Crippen LogP contribution in [0.1, 0.15) is 18.4 Å². The van der Waals surface area contributed by atoms with E-state index in [2.05, 4.69) is 32.2 Å². The van der Waals surface area contributed by atoms with Crippen LogP contribution in [-0.4, -0.2) is 11.5 Å². The van der Waals surface area contributed by atoms with Crippen LogP contribution in [0.2, 0.25) is 0 Å². The highest BCUT2D eigenvalue weighted by molar-refractivity contribution is 7.98. The zero-order valence-corrected chi connectivity index (χ0v) is 10.2. The Morgan fingerprint density at radius 1 is 1.50 bits per heavy atom. The molecule has 0 aliphatic carbocycles. The lowest BCUT2D eigenvalue weighted by atomic mass is 10.4. The Hall–Kier alpha value is -0.280. The smallest absolute Gasteiger partial charge is 0.114 e. The van der Waals surface area contributed by atoms with Gasteiger partial charge in [-0.3, -0.25) is 0 Å². The molecule has 1 heterocycles. The van der Waals surface area contributed by atoms with Crippen LogP contribution in [0.25, 0.3) is 0 Å². The molecule has 0 saturated carbocycles. The summed E-state index contributed by atoms with van der Waals surface area (Å²) in [6, 6.07) is 4.10. The highest BCUT2D eigenvalue weighted by Crippen LogP contribution is 2.17. The van der Waals surface area contributed by atoms with Gasteiger partial charge >= 0.3 is 0 Å². The average Bonchev–Trinajstić information content (AvgIpc) is 2.65. The first-order chi connectivity index (χ1) is 6.76. The first-order valence-electron chi connectivity index (χ1n) is 4.69. The number of hydrogen-bond acceptors (Lipinski definition) is 3. The van der Waals surface area contributed by atoms with E-state index in [1.165, 1.54) is 5.57 Å². The second-order valence-corrected chi connectivity index (χ2v) is 4.42. The lowest BCUT2D eigenvalue weighted by Crippen LogP contribution is -1.87. The lowest BCUT2D eigenvalue weighted by molar-refractivity contribution is 0.485. The lowest BCUT2D eigenvalue weighted by Gasteiger charge is -2.00. The van der Waals surface area contributed by atoms with Crippen LogP contribution in [0, 0.1) is 0 Å². The Balaban J connectivity index is 2.27. The van der Waals surface area contributed by atoms with Crippen LogP contribution < -0.4 is 0 Å². The average molecular weight is 228 g/mol. The molecule has 0 fully saturated rings. The largest absolute Gasteiger partial charge is 0.465 e. The molecule has 1 nitrogen and oxygen atoms in total. The van der Waals surface area contributed by atoms with E-state index in [4.69, 9.17) is 4.42 Å². The van der Waals surface area contributed by atoms with Crippen LogP contribution in [-0.2, 0) is 12.2 Å². The molecular weight excluding hydrogens is 212 g/mol. The van der Waals surface area contributed by atoms with E-state index in [0.29, 0.717) is 0 Å². The molecule has 3 heteroatoms. The van der Waals surface area contributed by atoms with Crippen molar-refractivity contribution < 1.29 is 4.42 Å². The normalized spacial score (nSPS) is 10.4. The predicted octanol–water partition coefficient (Wildman–Crippen LogP) is 3.56. The summed E-state index contributed by atoms with van der Waals surface area (Å²) in [7, 11) is 0. The van der Waals surface area contributed by atoms with Gasteiger partial charge in [-0.25, -0.2) is 0 Å². The standard InChI is InChI=1S/C11H16OS2/c1-3-10-4-5-11(12-10)8-14-7-9(2)6-13/h4-5,13H,2-3,6-8H2,1H3. The fourth-order valence-corrected chi connectivity index (χ4v) is 2.14. The highest BCUT2D eigenvalue weighted by Gasteiger charge is 2.00. The van der Waals surface area contributed by atoms with Gasteiger partial charge in [-0.15, -0.1) is 11.8 Å². The Morgan fingerprint density at radius 3 is 2.79 bits per heavy atom. The summed E-state index contributed by atoms with van der Waals surface area (Å²) in [5.41, 5.74) is 1.17. The number of thioether (sulfide) groups is 1. The molecule has 0 bridgehead atoms. The molecule has 0 aromatic carbocycles. The topological polar surface area (TPSA) is 13.1 Å². The quantitative estimate of drug-likeness (QED) is 0.590. The SMILES string of the molecule is C=C(CS)CSCc1ccc(CC)o1. The highest BCUT2D eigenvalue weighted by atomic mass is 32.2. The number of furan rings is 1. The van der Waals surface area contributed by atoms with E-state index in [-0.39, 0.29) is 0 Å². The summed E-state index contributed by atoms with van der Waals surface area (Å²) in [5, 5.41) is 0. The summed E-state index contributed by atoms with van der Waals surface area (Å²) < 4.78 is 5.58. The number of rotatable bonds is 6. The van der Waals surface area contributed by atoms with Crippen molar-refractivity contribution in [3.8, 4) is 0 Å². The first-order valence-corrected chi connectivity index (χ1v) is 6.47. The van der Waals surface area contributed by atoms with Crippen LogP contribution in [0.4, 0.5) is 0 Å². The van der Waals surface area contributed by atoms with Crippen LogP contribution in [0.3, 0.4) is 0 Å². The third-order valence-corrected chi connectivity index (χ3v) is 3.39. The molecule has 0 aliphatic heterocycles. The number of hydrogen-bond donors (Lipinski definition) is 1. The van der Waals surface area contributed by atoms with Crippen molar-refractivity contribution in [1.82, 2.24) is 0 Å². The minimum absolute atomic E-state index is 0.769. The maximum absolute atomic E-state index is 5.58. The fraction of sp³-hybridized carbons (Fsp3) is 0.455. The van der Waals surface area contributed by atoms with Gasteiger partial charge in [0.15, 0.2) is 0 Å². The predicted molar refractivity (Wildman–Crippen MR) is 67.2 cm³/mol. The van der Waals surface area contributed by atoms with E-state index in [0.717, 1.165) is 35.2 Å². The van der Waals surface area contributed by atoms with E-state index < -0.39 is 0 Å². The Morgan fingerprint density at radius 2 is 2.21 bits per heavy atom. The molecular formula is C11H16OS2. The molecule has 0 radical (unpaired) electrons. The van der Waals surface area contributed by atoms with E-state index in [1.807, 2.05) is 17.8 Å². The van der Waals surface area contributed by atoms with E-state index >= 15 is 0 Å². The second-order valence-electron chi connectivity index (χ2n) is 3.12. The van der Waals surface area contributed by atoms with Crippen molar-refractivity contribution >= 4 is 24.4 Å². The van der Waals surface area contributed by atoms with Crippen LogP contribution in [0.15, 0.2) is 28.7 Å². The molecule has 14 heavy (non-hydrogen) atoms. The second kappa shape index (κ2) is 6.25. The molecule has 1 aromatic heterocycles. The summed E-state index contributed by atoms with van der Waals surface area (Å²) >= 11 is 5.98. The third kappa shape index (κ3) is 3.84. The molecule has 0 spiro atoms. The summed E-state index contributed by atoms with van der Waals surface area (Å²) in [6.45, 7) is 5.99. The first kappa shape index (κ1) is 11.8. The van der Waals surface area contributed by atoms with Crippen LogP contribution >= 0.6 is 24.4 Å². The van der Waals surface area contributed by atoms with Crippen LogP contribution in [0.5, 0.6) is 0 Å². The van der Waals surface area contributed by atoms with Crippen molar-refractivity contribution in [3.63, 3.8) is 0 Å². The van der Waals surface area contributed by atoms with Gasteiger partial charge in [-0.2, -0.15) is 12.6 Å². The zero-order valence-electron chi connectivity index (χ0n) is 8.45. The van der Waals surface area contributed by atoms with Gasteiger partial charge in [0, 0.05) is 17.9 Å². The van der Waals surface area contributed by atoms with Gasteiger partial charge in [0.25, 0.3) is 0 Å². The minimum atomic E-state index is 0.769.